The number of nitrogens with one attached hydrogen (secondary N) is 1. The van der Waals surface area contributed by atoms with Gasteiger partial charge >= 0.3 is 0 Å². The molecule has 1 N–H and O–H groups in total. The van der Waals surface area contributed by atoms with E-state index in [2.05, 4.69) is 15.5 Å². The van der Waals surface area contributed by atoms with Crippen molar-refractivity contribution >= 4 is 28.9 Å². The normalized spacial score (nSPS) is 11.3. The van der Waals surface area contributed by atoms with Crippen LogP contribution in [0.1, 0.15) is 19.5 Å². The summed E-state index contributed by atoms with van der Waals surface area (Å²) in [5.41, 5.74) is 3.34. The Balaban J connectivity index is 1.55. The molecular formula is C24H25N5O3. The van der Waals surface area contributed by atoms with Crippen LogP contribution in [0.4, 0.5) is 11.6 Å². The van der Waals surface area contributed by atoms with Gasteiger partial charge in [-0.15, -0.1) is 0 Å². The summed E-state index contributed by atoms with van der Waals surface area (Å²) in [5.74, 6) is 2.86. The van der Waals surface area contributed by atoms with E-state index < -0.39 is 0 Å². The fourth-order valence-electron chi connectivity index (χ4n) is 3.21. The van der Waals surface area contributed by atoms with E-state index in [1.807, 2.05) is 67.9 Å². The van der Waals surface area contributed by atoms with Crippen molar-refractivity contribution in [3.8, 4) is 17.2 Å². The molecule has 4 rings (SSSR count). The van der Waals surface area contributed by atoms with Gasteiger partial charge in [0.1, 0.15) is 24.4 Å². The van der Waals surface area contributed by atoms with E-state index in [1.165, 1.54) is 13.3 Å². The van der Waals surface area contributed by atoms with Crippen molar-refractivity contribution in [3.63, 3.8) is 0 Å². The Hall–Kier alpha value is -4.07. The third-order valence-electron chi connectivity index (χ3n) is 4.59. The van der Waals surface area contributed by atoms with Gasteiger partial charge in [0.2, 0.25) is 5.95 Å². The quantitative estimate of drug-likeness (QED) is 0.302. The number of pyridine rings is 1. The van der Waals surface area contributed by atoms with Gasteiger partial charge in [0.05, 0.1) is 29.0 Å². The summed E-state index contributed by atoms with van der Waals surface area (Å²) < 4.78 is 13.8. The number of nitrogens with zero attached hydrogens (tertiary/aromatic N) is 4. The maximum Gasteiger partial charge on any atom is 0.208 e. The average Bonchev–Trinajstić information content (AvgIpc) is 3.07. The minimum absolute atomic E-state index is 0.114. The molecule has 8 heteroatoms. The molecule has 0 spiro atoms. The van der Waals surface area contributed by atoms with Crippen LogP contribution in [0.15, 0.2) is 65.9 Å². The number of aryl methyl sites for hydroxylation is 1. The number of anilines is 2. The van der Waals surface area contributed by atoms with Crippen molar-refractivity contribution in [2.24, 2.45) is 12.2 Å². The predicted octanol–water partition coefficient (Wildman–Crippen LogP) is 5.27. The third kappa shape index (κ3) is 4.97. The molecule has 2 aromatic carbocycles. The first-order chi connectivity index (χ1) is 15.5. The lowest BCUT2D eigenvalue weighted by Crippen LogP contribution is -2.06. The molecule has 0 fully saturated rings. The second kappa shape index (κ2) is 9.38. The van der Waals surface area contributed by atoms with Crippen LogP contribution in [0.2, 0.25) is 0 Å². The Bertz CT molecular complexity index is 1250. The molecule has 0 aliphatic rings. The predicted molar refractivity (Wildman–Crippen MR) is 125 cm³/mol. The summed E-state index contributed by atoms with van der Waals surface area (Å²) in [4.78, 5) is 13.6. The molecule has 0 aliphatic heterocycles. The van der Waals surface area contributed by atoms with E-state index in [1.54, 1.807) is 18.3 Å². The van der Waals surface area contributed by atoms with Crippen LogP contribution in [0.3, 0.4) is 0 Å². The SMILES string of the molecule is CON=Cc1cc(Oc2ccc3c(c2)nc(Nc2cccc(OC(C)C)c2)n3C)ccn1. The van der Waals surface area contributed by atoms with Crippen LogP contribution < -0.4 is 14.8 Å². The van der Waals surface area contributed by atoms with Crippen molar-refractivity contribution in [1.82, 2.24) is 14.5 Å². The van der Waals surface area contributed by atoms with Gasteiger partial charge < -0.3 is 24.2 Å². The fraction of sp³-hybridized carbons (Fsp3) is 0.208. The lowest BCUT2D eigenvalue weighted by atomic mass is 10.3. The van der Waals surface area contributed by atoms with Crippen molar-refractivity contribution in [3.05, 3.63) is 66.5 Å². The number of aromatic nitrogens is 3. The molecule has 0 saturated heterocycles. The van der Waals surface area contributed by atoms with E-state index in [-0.39, 0.29) is 6.10 Å². The Labute approximate surface area is 186 Å². The minimum Gasteiger partial charge on any atom is -0.491 e. The van der Waals surface area contributed by atoms with Crippen molar-refractivity contribution < 1.29 is 14.3 Å². The molecule has 0 aliphatic carbocycles. The highest BCUT2D eigenvalue weighted by atomic mass is 16.6. The molecule has 32 heavy (non-hydrogen) atoms. The third-order valence-corrected chi connectivity index (χ3v) is 4.59. The summed E-state index contributed by atoms with van der Waals surface area (Å²) in [6, 6.07) is 17.2. The maximum atomic E-state index is 6.00. The van der Waals surface area contributed by atoms with Gasteiger partial charge in [-0.25, -0.2) is 4.98 Å². The van der Waals surface area contributed by atoms with Crippen LogP contribution in [-0.4, -0.2) is 34.0 Å². The summed E-state index contributed by atoms with van der Waals surface area (Å²) >= 11 is 0. The molecule has 4 aromatic rings. The zero-order valence-electron chi connectivity index (χ0n) is 18.4. The van der Waals surface area contributed by atoms with Crippen LogP contribution in [0.5, 0.6) is 17.2 Å². The van der Waals surface area contributed by atoms with Gasteiger partial charge in [-0.1, -0.05) is 11.2 Å². The van der Waals surface area contributed by atoms with Gasteiger partial charge in [-0.05, 0) is 44.2 Å². The number of hydrogen-bond acceptors (Lipinski definition) is 7. The molecular weight excluding hydrogens is 406 g/mol. The van der Waals surface area contributed by atoms with E-state index >= 15 is 0 Å². The number of benzene rings is 2. The van der Waals surface area contributed by atoms with Gasteiger partial charge in [-0.2, -0.15) is 0 Å². The molecule has 0 bridgehead atoms. The highest BCUT2D eigenvalue weighted by molar-refractivity contribution is 5.81. The lowest BCUT2D eigenvalue weighted by Gasteiger charge is -2.11. The first kappa shape index (κ1) is 21.2. The second-order valence-electron chi connectivity index (χ2n) is 7.40. The average molecular weight is 431 g/mol. The second-order valence-corrected chi connectivity index (χ2v) is 7.40. The summed E-state index contributed by atoms with van der Waals surface area (Å²) in [6.07, 6.45) is 3.29. The Morgan fingerprint density at radius 2 is 1.88 bits per heavy atom. The molecule has 0 atom stereocenters. The van der Waals surface area contributed by atoms with E-state index in [0.29, 0.717) is 17.2 Å². The highest BCUT2D eigenvalue weighted by Crippen LogP contribution is 2.29. The molecule has 0 radical (unpaired) electrons. The molecule has 0 unspecified atom stereocenters. The highest BCUT2D eigenvalue weighted by Gasteiger charge is 2.10. The van der Waals surface area contributed by atoms with Crippen LogP contribution in [0, 0.1) is 0 Å². The zero-order valence-corrected chi connectivity index (χ0v) is 18.4. The molecule has 2 aromatic heterocycles. The Morgan fingerprint density at radius 1 is 1.03 bits per heavy atom. The van der Waals surface area contributed by atoms with Crippen LogP contribution in [0.25, 0.3) is 11.0 Å². The van der Waals surface area contributed by atoms with E-state index in [9.17, 15) is 0 Å². The monoisotopic (exact) mass is 431 g/mol. The summed E-state index contributed by atoms with van der Waals surface area (Å²) in [7, 11) is 3.45. The van der Waals surface area contributed by atoms with Crippen LogP contribution in [-0.2, 0) is 11.9 Å². The summed E-state index contributed by atoms with van der Waals surface area (Å²) in [5, 5.41) is 7.09. The number of imidazole rings is 1. The van der Waals surface area contributed by atoms with Crippen LogP contribution >= 0.6 is 0 Å². The number of hydrogen-bond donors (Lipinski definition) is 1. The Kier molecular flexibility index (Phi) is 6.21. The standard InChI is InChI=1S/C24H25N5O3/c1-16(2)31-19-7-5-6-17(12-19)27-24-28-22-14-20(8-9-23(22)29(24)3)32-21-10-11-25-18(13-21)15-26-30-4/h5-16H,1-4H3,(H,27,28). The zero-order chi connectivity index (χ0) is 22.5. The molecule has 0 saturated carbocycles. The number of rotatable bonds is 8. The number of fused-ring (bicyclic) bond motifs is 1. The van der Waals surface area contributed by atoms with E-state index in [0.717, 1.165) is 28.4 Å². The van der Waals surface area contributed by atoms with Gasteiger partial charge in [-0.3, -0.25) is 4.98 Å². The lowest BCUT2D eigenvalue weighted by molar-refractivity contribution is 0.215. The Morgan fingerprint density at radius 3 is 2.69 bits per heavy atom. The first-order valence-electron chi connectivity index (χ1n) is 10.2. The van der Waals surface area contributed by atoms with Crippen molar-refractivity contribution in [2.75, 3.05) is 12.4 Å². The largest absolute Gasteiger partial charge is 0.491 e. The fourth-order valence-corrected chi connectivity index (χ4v) is 3.21. The van der Waals surface area contributed by atoms with Crippen molar-refractivity contribution in [2.45, 2.75) is 20.0 Å². The van der Waals surface area contributed by atoms with Crippen molar-refractivity contribution in [1.29, 1.82) is 0 Å². The smallest absolute Gasteiger partial charge is 0.208 e. The molecule has 0 amide bonds. The number of ether oxygens (including phenoxy) is 2. The van der Waals surface area contributed by atoms with Gasteiger partial charge in [0, 0.05) is 37.1 Å². The maximum absolute atomic E-state index is 6.00. The molecule has 2 heterocycles. The molecule has 164 valence electrons. The summed E-state index contributed by atoms with van der Waals surface area (Å²) in [6.45, 7) is 4.01. The molecule has 8 nitrogen and oxygen atoms in total. The van der Waals surface area contributed by atoms with E-state index in [4.69, 9.17) is 19.3 Å². The number of oxime groups is 1. The topological polar surface area (TPSA) is 82.8 Å². The van der Waals surface area contributed by atoms with Gasteiger partial charge in [0.25, 0.3) is 0 Å². The van der Waals surface area contributed by atoms with Gasteiger partial charge in [0.15, 0.2) is 0 Å². The first-order valence-corrected chi connectivity index (χ1v) is 10.2. The minimum atomic E-state index is 0.114.